The van der Waals surface area contributed by atoms with Crippen LogP contribution in [0.3, 0.4) is 0 Å². The van der Waals surface area contributed by atoms with E-state index in [2.05, 4.69) is 40.9 Å². The summed E-state index contributed by atoms with van der Waals surface area (Å²) in [5.41, 5.74) is 8.27. The summed E-state index contributed by atoms with van der Waals surface area (Å²) in [4.78, 5) is 1.16. The zero-order valence-corrected chi connectivity index (χ0v) is 14.1. The number of hydrogen-bond acceptors (Lipinski definition) is 3. The zero-order valence-electron chi connectivity index (χ0n) is 11.0. The molecular formula is C13H17BrClN3S. The van der Waals surface area contributed by atoms with E-state index >= 15 is 0 Å². The van der Waals surface area contributed by atoms with Gasteiger partial charge in [0.15, 0.2) is 0 Å². The van der Waals surface area contributed by atoms with Crippen molar-refractivity contribution >= 4 is 38.9 Å². The number of aryl methyl sites for hydroxylation is 2. The second-order valence-corrected chi connectivity index (χ2v) is 6.59. The highest BCUT2D eigenvalue weighted by molar-refractivity contribution is 9.10. The largest absolute Gasteiger partial charge is 0.323 e. The summed E-state index contributed by atoms with van der Waals surface area (Å²) in [6.45, 7) is 4.95. The SMILES string of the molecule is CCc1nn(CC)c(CC(N)c2cc(Br)cs2)c1Cl. The molecule has 2 aromatic heterocycles. The third-order valence-corrected chi connectivity index (χ3v) is 5.32. The second-order valence-electron chi connectivity index (χ2n) is 4.35. The van der Waals surface area contributed by atoms with Crippen LogP contribution in [0.2, 0.25) is 5.02 Å². The van der Waals surface area contributed by atoms with E-state index in [1.54, 1.807) is 11.3 Å². The van der Waals surface area contributed by atoms with E-state index in [1.165, 1.54) is 0 Å². The quantitative estimate of drug-likeness (QED) is 0.867. The van der Waals surface area contributed by atoms with Crippen molar-refractivity contribution in [3.05, 3.63) is 37.2 Å². The number of nitrogens with zero attached hydrogens (tertiary/aromatic N) is 2. The number of aromatic nitrogens is 2. The fourth-order valence-corrected chi connectivity index (χ4v) is 3.84. The van der Waals surface area contributed by atoms with Crippen LogP contribution in [0.4, 0.5) is 0 Å². The van der Waals surface area contributed by atoms with Gasteiger partial charge in [-0.05, 0) is 35.3 Å². The van der Waals surface area contributed by atoms with Crippen LogP contribution in [0, 0.1) is 0 Å². The minimum atomic E-state index is -0.0412. The average molecular weight is 363 g/mol. The van der Waals surface area contributed by atoms with Gasteiger partial charge in [0, 0.05) is 33.7 Å². The molecule has 3 nitrogen and oxygen atoms in total. The van der Waals surface area contributed by atoms with Crippen LogP contribution in [0.5, 0.6) is 0 Å². The molecule has 0 aliphatic heterocycles. The minimum Gasteiger partial charge on any atom is -0.323 e. The topological polar surface area (TPSA) is 43.8 Å². The van der Waals surface area contributed by atoms with Crippen LogP contribution in [-0.2, 0) is 19.4 Å². The Bertz CT molecular complexity index is 564. The van der Waals surface area contributed by atoms with Gasteiger partial charge in [0.1, 0.15) is 0 Å². The Hall–Kier alpha value is -0.360. The molecule has 0 aliphatic carbocycles. The first-order chi connectivity index (χ1) is 9.06. The first-order valence-electron chi connectivity index (χ1n) is 6.30. The van der Waals surface area contributed by atoms with Crippen molar-refractivity contribution in [1.29, 1.82) is 0 Å². The van der Waals surface area contributed by atoms with Crippen LogP contribution in [0.15, 0.2) is 15.9 Å². The molecule has 19 heavy (non-hydrogen) atoms. The van der Waals surface area contributed by atoms with Crippen molar-refractivity contribution < 1.29 is 0 Å². The van der Waals surface area contributed by atoms with Gasteiger partial charge >= 0.3 is 0 Å². The number of rotatable bonds is 5. The standard InChI is InChI=1S/C13H17BrClN3S/c1-3-10-13(15)11(18(4-2)17-10)6-9(16)12-5-8(14)7-19-12/h5,7,9H,3-4,6,16H2,1-2H3. The molecule has 2 aromatic rings. The average Bonchev–Trinajstić information content (AvgIpc) is 2.95. The molecule has 104 valence electrons. The highest BCUT2D eigenvalue weighted by Crippen LogP contribution is 2.29. The summed E-state index contributed by atoms with van der Waals surface area (Å²) < 4.78 is 3.04. The van der Waals surface area contributed by atoms with E-state index < -0.39 is 0 Å². The third-order valence-electron chi connectivity index (χ3n) is 3.06. The maximum Gasteiger partial charge on any atom is 0.0850 e. The first kappa shape index (κ1) is 15.0. The molecule has 0 fully saturated rings. The number of halogens is 2. The van der Waals surface area contributed by atoms with Crippen LogP contribution in [0.1, 0.15) is 36.2 Å². The van der Waals surface area contributed by atoms with Gasteiger partial charge in [-0.1, -0.05) is 18.5 Å². The summed E-state index contributed by atoms with van der Waals surface area (Å²) in [6, 6.07) is 2.02. The van der Waals surface area contributed by atoms with Crippen molar-refractivity contribution in [2.45, 2.75) is 39.3 Å². The summed E-state index contributed by atoms with van der Waals surface area (Å²) in [5.74, 6) is 0. The van der Waals surface area contributed by atoms with Crippen molar-refractivity contribution in [3.8, 4) is 0 Å². The Morgan fingerprint density at radius 3 is 2.79 bits per heavy atom. The maximum atomic E-state index is 6.40. The van der Waals surface area contributed by atoms with Crippen LogP contribution in [0.25, 0.3) is 0 Å². The second kappa shape index (κ2) is 6.39. The molecule has 1 unspecified atom stereocenters. The molecule has 0 amide bonds. The minimum absolute atomic E-state index is 0.0412. The lowest BCUT2D eigenvalue weighted by molar-refractivity contribution is 0.588. The highest BCUT2D eigenvalue weighted by atomic mass is 79.9. The Morgan fingerprint density at radius 1 is 1.53 bits per heavy atom. The molecule has 2 N–H and O–H groups in total. The Balaban J connectivity index is 2.25. The van der Waals surface area contributed by atoms with Gasteiger partial charge in [0.25, 0.3) is 0 Å². The Kier molecular flexibility index (Phi) is 5.06. The van der Waals surface area contributed by atoms with E-state index in [4.69, 9.17) is 17.3 Å². The van der Waals surface area contributed by atoms with E-state index in [9.17, 15) is 0 Å². The third kappa shape index (κ3) is 3.21. The molecule has 0 spiro atoms. The van der Waals surface area contributed by atoms with Crippen LogP contribution in [-0.4, -0.2) is 9.78 Å². The predicted octanol–water partition coefficient (Wildman–Crippen LogP) is 4.19. The van der Waals surface area contributed by atoms with E-state index in [0.29, 0.717) is 6.42 Å². The number of hydrogen-bond donors (Lipinski definition) is 1. The lowest BCUT2D eigenvalue weighted by Crippen LogP contribution is -2.15. The smallest absolute Gasteiger partial charge is 0.0850 e. The van der Waals surface area contributed by atoms with E-state index in [1.807, 2.05) is 10.1 Å². The molecular weight excluding hydrogens is 346 g/mol. The van der Waals surface area contributed by atoms with Gasteiger partial charge in [-0.25, -0.2) is 0 Å². The first-order valence-corrected chi connectivity index (χ1v) is 8.35. The van der Waals surface area contributed by atoms with E-state index in [0.717, 1.165) is 38.7 Å². The maximum absolute atomic E-state index is 6.40. The summed E-state index contributed by atoms with van der Waals surface area (Å²) in [7, 11) is 0. The summed E-state index contributed by atoms with van der Waals surface area (Å²) in [5, 5.41) is 7.34. The van der Waals surface area contributed by atoms with Crippen LogP contribution >= 0.6 is 38.9 Å². The Morgan fingerprint density at radius 2 is 2.26 bits per heavy atom. The lowest BCUT2D eigenvalue weighted by atomic mass is 10.1. The van der Waals surface area contributed by atoms with Crippen molar-refractivity contribution in [2.24, 2.45) is 5.73 Å². The molecule has 2 rings (SSSR count). The molecule has 2 heterocycles. The van der Waals surface area contributed by atoms with Gasteiger partial charge in [0.05, 0.1) is 16.4 Å². The number of nitrogens with two attached hydrogens (primary N) is 1. The van der Waals surface area contributed by atoms with Crippen molar-refractivity contribution in [2.75, 3.05) is 0 Å². The molecule has 0 saturated carbocycles. The molecule has 0 aromatic carbocycles. The monoisotopic (exact) mass is 361 g/mol. The Labute approximate surface area is 130 Å². The van der Waals surface area contributed by atoms with E-state index in [-0.39, 0.29) is 6.04 Å². The molecule has 0 radical (unpaired) electrons. The van der Waals surface area contributed by atoms with Crippen molar-refractivity contribution in [3.63, 3.8) is 0 Å². The van der Waals surface area contributed by atoms with Gasteiger partial charge < -0.3 is 5.73 Å². The zero-order chi connectivity index (χ0) is 14.0. The molecule has 0 saturated heterocycles. The highest BCUT2D eigenvalue weighted by Gasteiger charge is 2.18. The fraction of sp³-hybridized carbons (Fsp3) is 0.462. The van der Waals surface area contributed by atoms with Gasteiger partial charge in [-0.2, -0.15) is 5.10 Å². The summed E-state index contributed by atoms with van der Waals surface area (Å²) in [6.07, 6.45) is 1.56. The molecule has 1 atom stereocenters. The predicted molar refractivity (Wildman–Crippen MR) is 84.9 cm³/mol. The fourth-order valence-electron chi connectivity index (χ4n) is 2.04. The lowest BCUT2D eigenvalue weighted by Gasteiger charge is -2.11. The molecule has 0 bridgehead atoms. The van der Waals surface area contributed by atoms with Gasteiger partial charge in [-0.15, -0.1) is 11.3 Å². The van der Waals surface area contributed by atoms with Gasteiger partial charge in [0.2, 0.25) is 0 Å². The molecule has 0 aliphatic rings. The van der Waals surface area contributed by atoms with Gasteiger partial charge in [-0.3, -0.25) is 4.68 Å². The summed E-state index contributed by atoms with van der Waals surface area (Å²) >= 11 is 11.5. The van der Waals surface area contributed by atoms with Crippen LogP contribution < -0.4 is 5.73 Å². The normalized spacial score (nSPS) is 12.9. The van der Waals surface area contributed by atoms with Crippen molar-refractivity contribution in [1.82, 2.24) is 9.78 Å². The molecule has 6 heteroatoms. The number of thiophene rings is 1.